The second-order valence-corrected chi connectivity index (χ2v) is 8.34. The number of amides is 1. The predicted molar refractivity (Wildman–Crippen MR) is 117 cm³/mol. The van der Waals surface area contributed by atoms with Crippen molar-refractivity contribution < 1.29 is 14.3 Å². The Hall–Kier alpha value is -2.27. The van der Waals surface area contributed by atoms with Crippen molar-refractivity contribution in [2.24, 2.45) is 0 Å². The fourth-order valence-corrected chi connectivity index (χ4v) is 3.81. The first-order valence-electron chi connectivity index (χ1n) is 9.51. The second kappa shape index (κ2) is 10.3. The average molecular weight is 400 g/mol. The van der Waals surface area contributed by atoms with Crippen LogP contribution in [-0.4, -0.2) is 24.7 Å². The molecule has 0 aliphatic heterocycles. The lowest BCUT2D eigenvalue weighted by molar-refractivity contribution is -0.113. The molecule has 1 amide bonds. The molecule has 0 spiro atoms. The van der Waals surface area contributed by atoms with Crippen LogP contribution in [0.2, 0.25) is 0 Å². The molecular weight excluding hydrogens is 370 g/mol. The summed E-state index contributed by atoms with van der Waals surface area (Å²) in [5, 5.41) is 3.13. The van der Waals surface area contributed by atoms with Gasteiger partial charge in [-0.2, -0.15) is 0 Å². The third-order valence-electron chi connectivity index (χ3n) is 4.49. The van der Waals surface area contributed by atoms with Crippen LogP contribution < -0.4 is 5.32 Å². The minimum absolute atomic E-state index is 0.0101. The van der Waals surface area contributed by atoms with Crippen molar-refractivity contribution in [2.45, 2.75) is 45.3 Å². The van der Waals surface area contributed by atoms with Gasteiger partial charge in [-0.05, 0) is 40.7 Å². The summed E-state index contributed by atoms with van der Waals surface area (Å²) in [5.41, 5.74) is 4.79. The maximum absolute atomic E-state index is 12.6. The summed E-state index contributed by atoms with van der Waals surface area (Å²) in [6.07, 6.45) is 0. The standard InChI is InChI=1S/C23H29NO3S/c1-15(2)19-10-7-11-20(16(3)4)22(19)24-21(25)14-28-13-17-8-6-9-18(12-17)23(26)27-5/h6-12,15-16H,13-14H2,1-5H3,(H,24,25). The molecule has 0 bridgehead atoms. The Labute approximate surface area is 172 Å². The number of hydrogen-bond acceptors (Lipinski definition) is 4. The Morgan fingerprint density at radius 3 is 2.18 bits per heavy atom. The van der Waals surface area contributed by atoms with E-state index in [0.717, 1.165) is 22.4 Å². The third kappa shape index (κ3) is 5.86. The van der Waals surface area contributed by atoms with Gasteiger partial charge in [0.25, 0.3) is 0 Å². The summed E-state index contributed by atoms with van der Waals surface area (Å²) >= 11 is 1.53. The van der Waals surface area contributed by atoms with Crippen LogP contribution in [-0.2, 0) is 15.3 Å². The van der Waals surface area contributed by atoms with Crippen LogP contribution in [0.1, 0.15) is 66.6 Å². The number of rotatable bonds is 8. The lowest BCUT2D eigenvalue weighted by Gasteiger charge is -2.20. The van der Waals surface area contributed by atoms with Crippen LogP contribution in [0.25, 0.3) is 0 Å². The summed E-state index contributed by atoms with van der Waals surface area (Å²) in [6.45, 7) is 8.55. The van der Waals surface area contributed by atoms with Crippen molar-refractivity contribution in [3.63, 3.8) is 0 Å². The van der Waals surface area contributed by atoms with Crippen LogP contribution in [0.5, 0.6) is 0 Å². The molecule has 0 fully saturated rings. The molecule has 0 heterocycles. The Kier molecular flexibility index (Phi) is 8.12. The number of methoxy groups -OCH3 is 1. The molecule has 1 N–H and O–H groups in total. The first-order valence-corrected chi connectivity index (χ1v) is 10.7. The van der Waals surface area contributed by atoms with Crippen LogP contribution in [0, 0.1) is 0 Å². The van der Waals surface area contributed by atoms with E-state index in [2.05, 4.69) is 51.2 Å². The molecule has 0 radical (unpaired) electrons. The molecule has 0 aliphatic carbocycles. The molecule has 2 aromatic carbocycles. The van der Waals surface area contributed by atoms with Crippen LogP contribution >= 0.6 is 11.8 Å². The third-order valence-corrected chi connectivity index (χ3v) is 5.49. The quantitative estimate of drug-likeness (QED) is 0.588. The topological polar surface area (TPSA) is 55.4 Å². The molecule has 0 atom stereocenters. The van der Waals surface area contributed by atoms with Crippen molar-refractivity contribution in [3.05, 3.63) is 64.7 Å². The molecule has 5 heteroatoms. The number of benzene rings is 2. The van der Waals surface area contributed by atoms with E-state index in [4.69, 9.17) is 4.74 Å². The average Bonchev–Trinajstić information content (AvgIpc) is 2.67. The zero-order chi connectivity index (χ0) is 20.7. The molecule has 0 aliphatic rings. The van der Waals surface area contributed by atoms with Crippen molar-refractivity contribution >= 4 is 29.3 Å². The van der Waals surface area contributed by atoms with Gasteiger partial charge in [0.2, 0.25) is 5.91 Å². The monoisotopic (exact) mass is 399 g/mol. The molecule has 0 saturated carbocycles. The van der Waals surface area contributed by atoms with E-state index in [9.17, 15) is 9.59 Å². The first-order chi connectivity index (χ1) is 13.3. The smallest absolute Gasteiger partial charge is 0.337 e. The van der Waals surface area contributed by atoms with Crippen molar-refractivity contribution in [3.8, 4) is 0 Å². The minimum atomic E-state index is -0.351. The number of esters is 1. The molecule has 2 rings (SSSR count). The van der Waals surface area contributed by atoms with E-state index >= 15 is 0 Å². The maximum atomic E-state index is 12.6. The van der Waals surface area contributed by atoms with Gasteiger partial charge in [0.05, 0.1) is 18.4 Å². The number of ether oxygens (including phenoxy) is 1. The molecule has 28 heavy (non-hydrogen) atoms. The highest BCUT2D eigenvalue weighted by atomic mass is 32.2. The highest BCUT2D eigenvalue weighted by Crippen LogP contribution is 2.32. The Morgan fingerprint density at radius 1 is 1.00 bits per heavy atom. The van der Waals surface area contributed by atoms with Gasteiger partial charge in [0.15, 0.2) is 0 Å². The van der Waals surface area contributed by atoms with E-state index in [1.165, 1.54) is 18.9 Å². The SMILES string of the molecule is COC(=O)c1cccc(CSCC(=O)Nc2c(C(C)C)cccc2C(C)C)c1. The highest BCUT2D eigenvalue weighted by molar-refractivity contribution is 7.99. The van der Waals surface area contributed by atoms with Crippen LogP contribution in [0.3, 0.4) is 0 Å². The summed E-state index contributed by atoms with van der Waals surface area (Å²) < 4.78 is 4.75. The zero-order valence-electron chi connectivity index (χ0n) is 17.2. The number of thioether (sulfide) groups is 1. The van der Waals surface area contributed by atoms with E-state index in [0.29, 0.717) is 28.9 Å². The van der Waals surface area contributed by atoms with Crippen molar-refractivity contribution in [1.82, 2.24) is 0 Å². The molecular formula is C23H29NO3S. The lowest BCUT2D eigenvalue weighted by Crippen LogP contribution is -2.17. The van der Waals surface area contributed by atoms with E-state index in [1.54, 1.807) is 6.07 Å². The van der Waals surface area contributed by atoms with E-state index in [1.807, 2.05) is 18.2 Å². The molecule has 4 nitrogen and oxygen atoms in total. The lowest BCUT2D eigenvalue weighted by atomic mass is 9.92. The van der Waals surface area contributed by atoms with Gasteiger partial charge in [-0.1, -0.05) is 58.0 Å². The van der Waals surface area contributed by atoms with E-state index < -0.39 is 0 Å². The number of carbonyl (C=O) groups excluding carboxylic acids is 2. The van der Waals surface area contributed by atoms with Gasteiger partial charge in [-0.15, -0.1) is 11.8 Å². The zero-order valence-corrected chi connectivity index (χ0v) is 18.1. The fourth-order valence-electron chi connectivity index (χ4n) is 3.04. The number of nitrogens with one attached hydrogen (secondary N) is 1. The fraction of sp³-hybridized carbons (Fsp3) is 0.391. The number of carbonyl (C=O) groups is 2. The minimum Gasteiger partial charge on any atom is -0.465 e. The summed E-state index contributed by atoms with van der Waals surface area (Å²) in [6, 6.07) is 13.5. The van der Waals surface area contributed by atoms with E-state index in [-0.39, 0.29) is 11.9 Å². The number of anilines is 1. The van der Waals surface area contributed by atoms with Crippen molar-refractivity contribution in [2.75, 3.05) is 18.2 Å². The molecule has 150 valence electrons. The largest absolute Gasteiger partial charge is 0.465 e. The number of para-hydroxylation sites is 1. The normalized spacial score (nSPS) is 11.0. The molecule has 0 unspecified atom stereocenters. The Morgan fingerprint density at radius 2 is 1.61 bits per heavy atom. The number of hydrogen-bond donors (Lipinski definition) is 1. The summed E-state index contributed by atoms with van der Waals surface area (Å²) in [7, 11) is 1.37. The van der Waals surface area contributed by atoms with Crippen LogP contribution in [0.15, 0.2) is 42.5 Å². The van der Waals surface area contributed by atoms with Gasteiger partial charge >= 0.3 is 5.97 Å². The molecule has 2 aromatic rings. The Bertz CT molecular complexity index is 804. The Balaban J connectivity index is 2.01. The second-order valence-electron chi connectivity index (χ2n) is 7.35. The van der Waals surface area contributed by atoms with Crippen molar-refractivity contribution in [1.29, 1.82) is 0 Å². The highest BCUT2D eigenvalue weighted by Gasteiger charge is 2.16. The van der Waals surface area contributed by atoms with Gasteiger partial charge in [0, 0.05) is 11.4 Å². The van der Waals surface area contributed by atoms with Gasteiger partial charge in [-0.25, -0.2) is 4.79 Å². The molecule has 0 aromatic heterocycles. The van der Waals surface area contributed by atoms with Gasteiger partial charge in [-0.3, -0.25) is 4.79 Å². The summed E-state index contributed by atoms with van der Waals surface area (Å²) in [4.78, 5) is 24.2. The van der Waals surface area contributed by atoms with Gasteiger partial charge in [0.1, 0.15) is 0 Å². The molecule has 0 saturated heterocycles. The first kappa shape index (κ1) is 22.0. The predicted octanol–water partition coefficient (Wildman–Crippen LogP) is 5.59. The maximum Gasteiger partial charge on any atom is 0.337 e. The van der Waals surface area contributed by atoms with Gasteiger partial charge < -0.3 is 10.1 Å². The van der Waals surface area contributed by atoms with Crippen LogP contribution in [0.4, 0.5) is 5.69 Å². The summed E-state index contributed by atoms with van der Waals surface area (Å²) in [5.74, 6) is 1.32.